The quantitative estimate of drug-likeness (QED) is 0.633. The number of carbonyl (C=O) groups is 2. The van der Waals surface area contributed by atoms with Crippen molar-refractivity contribution in [2.24, 2.45) is 0 Å². The van der Waals surface area contributed by atoms with Gasteiger partial charge in [0.1, 0.15) is 5.78 Å². The summed E-state index contributed by atoms with van der Waals surface area (Å²) in [6, 6.07) is 0.271. The Morgan fingerprint density at radius 1 is 1.14 bits per heavy atom. The summed E-state index contributed by atoms with van der Waals surface area (Å²) < 4.78 is 5.31. The molecule has 0 aliphatic carbocycles. The van der Waals surface area contributed by atoms with Gasteiger partial charge >= 0.3 is 13.1 Å². The molecule has 0 amide bonds. The predicted octanol–water partition coefficient (Wildman–Crippen LogP) is 0.982. The zero-order chi connectivity index (χ0) is 15.2. The highest BCUT2D eigenvalue weighted by Gasteiger charge is 2.36. The van der Waals surface area contributed by atoms with Crippen LogP contribution in [0.1, 0.15) is 51.4 Å². The number of hydrogen-bond donors (Lipinski definition) is 3. The lowest BCUT2D eigenvalue weighted by atomic mass is 9.64. The highest BCUT2D eigenvalue weighted by molar-refractivity contribution is 6.45. The van der Waals surface area contributed by atoms with Gasteiger partial charge in [0.25, 0.3) is 0 Å². The number of carboxylic acids is 1. The van der Waals surface area contributed by atoms with Crippen molar-refractivity contribution in [1.82, 2.24) is 5.32 Å². The SMILES string of the molecule is O=C(O)C[C@@H]1CC[C@H](CC(=O)C[C@@H]2CCCCN2)B(O)O1. The minimum absolute atomic E-state index is 0.0935. The fourth-order valence-corrected chi connectivity index (χ4v) is 3.22. The third-order valence-corrected chi connectivity index (χ3v) is 4.37. The van der Waals surface area contributed by atoms with Gasteiger partial charge in [0, 0.05) is 24.7 Å². The fourth-order valence-electron chi connectivity index (χ4n) is 3.22. The Hall–Kier alpha value is -0.915. The molecule has 2 fully saturated rings. The van der Waals surface area contributed by atoms with Gasteiger partial charge in [0.2, 0.25) is 0 Å². The molecule has 2 heterocycles. The summed E-state index contributed by atoms with van der Waals surface area (Å²) >= 11 is 0. The van der Waals surface area contributed by atoms with Crippen LogP contribution >= 0.6 is 0 Å². The average molecular weight is 297 g/mol. The zero-order valence-corrected chi connectivity index (χ0v) is 12.3. The van der Waals surface area contributed by atoms with E-state index < -0.39 is 19.2 Å². The van der Waals surface area contributed by atoms with E-state index in [0.29, 0.717) is 25.7 Å². The molecule has 7 heteroatoms. The molecule has 0 aromatic carbocycles. The number of Topliss-reactive ketones (excluding diaryl/α,β-unsaturated/α-hetero) is 1. The molecule has 6 nitrogen and oxygen atoms in total. The maximum absolute atomic E-state index is 12.1. The molecule has 118 valence electrons. The Morgan fingerprint density at radius 3 is 2.57 bits per heavy atom. The first kappa shape index (κ1) is 16.5. The molecule has 2 rings (SSSR count). The van der Waals surface area contributed by atoms with E-state index in [1.165, 1.54) is 6.42 Å². The summed E-state index contributed by atoms with van der Waals surface area (Å²) in [4.78, 5) is 22.7. The standard InChI is InChI=1S/C14H24BNO5/c17-12(8-11-3-1-2-6-16-11)7-10-4-5-13(9-14(18)19)21-15(10)20/h10-11,13,16,20H,1-9H2,(H,18,19)/t10-,11+,13+/m1/s1. The molecule has 0 aromatic rings. The molecule has 0 aromatic heterocycles. The fraction of sp³-hybridized carbons (Fsp3) is 0.857. The highest BCUT2D eigenvalue weighted by atomic mass is 16.5. The molecule has 2 saturated heterocycles. The zero-order valence-electron chi connectivity index (χ0n) is 12.3. The largest absolute Gasteiger partial charge is 0.481 e. The van der Waals surface area contributed by atoms with E-state index in [4.69, 9.17) is 9.76 Å². The van der Waals surface area contributed by atoms with E-state index in [0.717, 1.165) is 19.4 Å². The molecule has 0 spiro atoms. The maximum Gasteiger partial charge on any atom is 0.458 e. The van der Waals surface area contributed by atoms with Crippen LogP contribution in [0.25, 0.3) is 0 Å². The lowest BCUT2D eigenvalue weighted by Gasteiger charge is -2.30. The number of ketones is 1. The Bertz CT molecular complexity index is 372. The second-order valence-electron chi connectivity index (χ2n) is 6.18. The van der Waals surface area contributed by atoms with Gasteiger partial charge in [-0.05, 0) is 32.2 Å². The topological polar surface area (TPSA) is 95.9 Å². The van der Waals surface area contributed by atoms with Crippen molar-refractivity contribution in [3.8, 4) is 0 Å². The molecule has 2 aliphatic heterocycles. The van der Waals surface area contributed by atoms with E-state index >= 15 is 0 Å². The molecule has 0 saturated carbocycles. The molecule has 2 aliphatic rings. The first-order chi connectivity index (χ1) is 10.0. The molecule has 21 heavy (non-hydrogen) atoms. The Labute approximate surface area is 125 Å². The molecule has 3 N–H and O–H groups in total. The summed E-state index contributed by atoms with van der Waals surface area (Å²) in [6.45, 7) is 0.976. The van der Waals surface area contributed by atoms with Crippen LogP contribution in [0.2, 0.25) is 5.82 Å². The van der Waals surface area contributed by atoms with Crippen molar-refractivity contribution in [1.29, 1.82) is 0 Å². The van der Waals surface area contributed by atoms with E-state index in [1.54, 1.807) is 0 Å². The van der Waals surface area contributed by atoms with E-state index in [-0.39, 0.29) is 24.1 Å². The van der Waals surface area contributed by atoms with Crippen LogP contribution in [0, 0.1) is 0 Å². The van der Waals surface area contributed by atoms with E-state index in [9.17, 15) is 14.6 Å². The van der Waals surface area contributed by atoms with Crippen LogP contribution in [-0.2, 0) is 14.2 Å². The second kappa shape index (κ2) is 7.91. The summed E-state index contributed by atoms with van der Waals surface area (Å²) in [7, 11) is -1.02. The van der Waals surface area contributed by atoms with Crippen molar-refractivity contribution in [2.45, 2.75) is 69.3 Å². The highest BCUT2D eigenvalue weighted by Crippen LogP contribution is 2.31. The van der Waals surface area contributed by atoms with Crippen LogP contribution in [0.3, 0.4) is 0 Å². The van der Waals surface area contributed by atoms with Gasteiger partial charge in [0.15, 0.2) is 0 Å². The minimum atomic E-state index is -1.02. The van der Waals surface area contributed by atoms with Crippen LogP contribution in [0.15, 0.2) is 0 Å². The van der Waals surface area contributed by atoms with Crippen LogP contribution in [-0.4, -0.2) is 47.7 Å². The lowest BCUT2D eigenvalue weighted by Crippen LogP contribution is -2.39. The third kappa shape index (κ3) is 5.41. The molecule has 0 unspecified atom stereocenters. The first-order valence-corrected chi connectivity index (χ1v) is 7.85. The first-order valence-electron chi connectivity index (χ1n) is 7.85. The van der Waals surface area contributed by atoms with Crippen molar-refractivity contribution < 1.29 is 24.4 Å². The van der Waals surface area contributed by atoms with Gasteiger partial charge in [0.05, 0.1) is 12.5 Å². The molecule has 0 radical (unpaired) electrons. The van der Waals surface area contributed by atoms with Crippen molar-refractivity contribution in [2.75, 3.05) is 6.54 Å². The van der Waals surface area contributed by atoms with Crippen molar-refractivity contribution in [3.05, 3.63) is 0 Å². The number of carbonyl (C=O) groups excluding carboxylic acids is 1. The average Bonchev–Trinajstić information content (AvgIpc) is 2.42. The second-order valence-corrected chi connectivity index (χ2v) is 6.18. The normalized spacial score (nSPS) is 30.1. The number of rotatable bonds is 6. The van der Waals surface area contributed by atoms with Crippen LogP contribution in [0.4, 0.5) is 0 Å². The van der Waals surface area contributed by atoms with Crippen LogP contribution in [0.5, 0.6) is 0 Å². The van der Waals surface area contributed by atoms with Crippen LogP contribution < -0.4 is 5.32 Å². The molecular formula is C14H24BNO5. The van der Waals surface area contributed by atoms with Crippen molar-refractivity contribution in [3.63, 3.8) is 0 Å². The smallest absolute Gasteiger partial charge is 0.458 e. The van der Waals surface area contributed by atoms with Gasteiger partial charge in [-0.25, -0.2) is 0 Å². The number of aliphatic carboxylic acids is 1. The summed E-state index contributed by atoms with van der Waals surface area (Å²) in [5.41, 5.74) is 0. The van der Waals surface area contributed by atoms with E-state index in [2.05, 4.69) is 5.32 Å². The van der Waals surface area contributed by atoms with Gasteiger partial charge in [-0.15, -0.1) is 0 Å². The Kier molecular flexibility index (Phi) is 6.20. The van der Waals surface area contributed by atoms with Gasteiger partial charge in [-0.2, -0.15) is 0 Å². The molecule has 0 bridgehead atoms. The number of piperidine rings is 1. The maximum atomic E-state index is 12.1. The monoisotopic (exact) mass is 297 g/mol. The lowest BCUT2D eigenvalue weighted by molar-refractivity contribution is -0.139. The molecular weight excluding hydrogens is 273 g/mol. The van der Waals surface area contributed by atoms with Gasteiger partial charge < -0.3 is 20.1 Å². The van der Waals surface area contributed by atoms with Gasteiger partial charge in [-0.3, -0.25) is 9.59 Å². The Balaban J connectivity index is 1.72. The number of hydrogen-bond acceptors (Lipinski definition) is 5. The van der Waals surface area contributed by atoms with E-state index in [1.807, 2.05) is 0 Å². The summed E-state index contributed by atoms with van der Waals surface area (Å²) in [5, 5.41) is 22.0. The third-order valence-electron chi connectivity index (χ3n) is 4.37. The minimum Gasteiger partial charge on any atom is -0.481 e. The molecule has 3 atom stereocenters. The number of nitrogens with one attached hydrogen (secondary N) is 1. The Morgan fingerprint density at radius 2 is 1.95 bits per heavy atom. The number of carboxylic acid groups (broad SMARTS) is 1. The van der Waals surface area contributed by atoms with Gasteiger partial charge in [-0.1, -0.05) is 6.42 Å². The summed E-state index contributed by atoms with van der Waals surface area (Å²) in [5.74, 6) is -0.977. The van der Waals surface area contributed by atoms with Crippen molar-refractivity contribution >= 4 is 18.9 Å². The summed E-state index contributed by atoms with van der Waals surface area (Å²) in [6.07, 6.45) is 4.90. The predicted molar refractivity (Wildman–Crippen MR) is 78.0 cm³/mol.